The summed E-state index contributed by atoms with van der Waals surface area (Å²) in [5.41, 5.74) is 0. The second kappa shape index (κ2) is 3.73. The third-order valence-electron chi connectivity index (χ3n) is 2.46. The van der Waals surface area contributed by atoms with E-state index in [4.69, 9.17) is 9.47 Å². The molecule has 0 aromatic rings. The standard InChI is InChI=1S/C9H17NO2/c1-10(6-9-7-12-9)5-8-3-2-4-11-8/h8-9H,2-7H2,1H3. The van der Waals surface area contributed by atoms with E-state index in [0.29, 0.717) is 12.2 Å². The molecule has 0 N–H and O–H groups in total. The molecule has 0 spiro atoms. The summed E-state index contributed by atoms with van der Waals surface area (Å²) in [5.74, 6) is 0. The minimum atomic E-state index is 0.480. The molecule has 70 valence electrons. The average Bonchev–Trinajstić information content (AvgIpc) is 2.66. The Morgan fingerprint density at radius 1 is 1.25 bits per heavy atom. The highest BCUT2D eigenvalue weighted by Gasteiger charge is 2.25. The highest BCUT2D eigenvalue weighted by molar-refractivity contribution is 4.75. The summed E-state index contributed by atoms with van der Waals surface area (Å²) >= 11 is 0. The lowest BCUT2D eigenvalue weighted by atomic mass is 10.2. The van der Waals surface area contributed by atoms with E-state index in [1.807, 2.05) is 0 Å². The van der Waals surface area contributed by atoms with Crippen molar-refractivity contribution in [1.82, 2.24) is 4.90 Å². The zero-order valence-electron chi connectivity index (χ0n) is 7.66. The Bertz CT molecular complexity index is 141. The fourth-order valence-corrected chi connectivity index (χ4v) is 1.73. The molecule has 3 nitrogen and oxygen atoms in total. The van der Waals surface area contributed by atoms with Gasteiger partial charge < -0.3 is 14.4 Å². The molecule has 0 amide bonds. The summed E-state index contributed by atoms with van der Waals surface area (Å²) in [7, 11) is 2.14. The van der Waals surface area contributed by atoms with Gasteiger partial charge in [-0.2, -0.15) is 0 Å². The molecule has 3 heteroatoms. The Balaban J connectivity index is 1.62. The van der Waals surface area contributed by atoms with Crippen LogP contribution in [0.5, 0.6) is 0 Å². The van der Waals surface area contributed by atoms with Crippen LogP contribution in [0.1, 0.15) is 12.8 Å². The molecule has 0 aromatic heterocycles. The molecule has 2 unspecified atom stereocenters. The van der Waals surface area contributed by atoms with Gasteiger partial charge in [-0.1, -0.05) is 0 Å². The lowest BCUT2D eigenvalue weighted by Crippen LogP contribution is -2.31. The average molecular weight is 171 g/mol. The molecule has 2 fully saturated rings. The van der Waals surface area contributed by atoms with E-state index in [9.17, 15) is 0 Å². The fourth-order valence-electron chi connectivity index (χ4n) is 1.73. The van der Waals surface area contributed by atoms with Gasteiger partial charge in [0.05, 0.1) is 18.8 Å². The van der Waals surface area contributed by atoms with Crippen LogP contribution < -0.4 is 0 Å². The third-order valence-corrected chi connectivity index (χ3v) is 2.46. The number of ether oxygens (including phenoxy) is 2. The summed E-state index contributed by atoms with van der Waals surface area (Å²) in [6.45, 7) is 4.05. The van der Waals surface area contributed by atoms with Gasteiger partial charge in [0.25, 0.3) is 0 Å². The first-order valence-electron chi connectivity index (χ1n) is 4.76. The first kappa shape index (κ1) is 8.48. The van der Waals surface area contributed by atoms with Crippen LogP contribution in [0.3, 0.4) is 0 Å². The molecule has 2 rings (SSSR count). The maximum atomic E-state index is 5.54. The monoisotopic (exact) mass is 171 g/mol. The van der Waals surface area contributed by atoms with Gasteiger partial charge in [0, 0.05) is 19.7 Å². The van der Waals surface area contributed by atoms with Crippen molar-refractivity contribution in [3.8, 4) is 0 Å². The lowest BCUT2D eigenvalue weighted by molar-refractivity contribution is 0.0793. The van der Waals surface area contributed by atoms with Crippen molar-refractivity contribution in [1.29, 1.82) is 0 Å². The molecule has 12 heavy (non-hydrogen) atoms. The molecule has 2 aliphatic heterocycles. The van der Waals surface area contributed by atoms with Crippen LogP contribution in [0, 0.1) is 0 Å². The van der Waals surface area contributed by atoms with Crippen LogP contribution in [0.15, 0.2) is 0 Å². The van der Waals surface area contributed by atoms with Crippen LogP contribution in [-0.4, -0.2) is 50.5 Å². The molecular weight excluding hydrogens is 154 g/mol. The van der Waals surface area contributed by atoms with Crippen LogP contribution in [0.4, 0.5) is 0 Å². The molecule has 2 aliphatic rings. The maximum absolute atomic E-state index is 5.54. The van der Waals surface area contributed by atoms with E-state index in [2.05, 4.69) is 11.9 Å². The summed E-state index contributed by atoms with van der Waals surface area (Å²) < 4.78 is 10.7. The number of likely N-dealkylation sites (N-methyl/N-ethyl adjacent to an activating group) is 1. The largest absolute Gasteiger partial charge is 0.377 e. The first-order chi connectivity index (χ1) is 5.84. The Hall–Kier alpha value is -0.120. The van der Waals surface area contributed by atoms with Crippen molar-refractivity contribution in [2.75, 3.05) is 33.4 Å². The smallest absolute Gasteiger partial charge is 0.0936 e. The number of rotatable bonds is 4. The number of hydrogen-bond donors (Lipinski definition) is 0. The van der Waals surface area contributed by atoms with Crippen molar-refractivity contribution in [3.05, 3.63) is 0 Å². The molecular formula is C9H17NO2. The minimum Gasteiger partial charge on any atom is -0.377 e. The summed E-state index contributed by atoms with van der Waals surface area (Å²) in [6.07, 6.45) is 3.46. The SMILES string of the molecule is CN(CC1CCCO1)CC1CO1. The predicted molar refractivity (Wildman–Crippen MR) is 46.2 cm³/mol. The minimum absolute atomic E-state index is 0.480. The Morgan fingerprint density at radius 3 is 2.58 bits per heavy atom. The highest BCUT2D eigenvalue weighted by atomic mass is 16.6. The van der Waals surface area contributed by atoms with Crippen molar-refractivity contribution < 1.29 is 9.47 Å². The third kappa shape index (κ3) is 2.44. The van der Waals surface area contributed by atoms with Crippen LogP contribution in [0.2, 0.25) is 0 Å². The van der Waals surface area contributed by atoms with Gasteiger partial charge in [-0.05, 0) is 19.9 Å². The Morgan fingerprint density at radius 2 is 2.00 bits per heavy atom. The van der Waals surface area contributed by atoms with Crippen LogP contribution >= 0.6 is 0 Å². The molecule has 0 aliphatic carbocycles. The molecule has 2 saturated heterocycles. The molecule has 0 bridgehead atoms. The van der Waals surface area contributed by atoms with Crippen molar-refractivity contribution >= 4 is 0 Å². The van der Waals surface area contributed by atoms with Gasteiger partial charge in [-0.3, -0.25) is 0 Å². The van der Waals surface area contributed by atoms with E-state index >= 15 is 0 Å². The molecule has 0 radical (unpaired) electrons. The van der Waals surface area contributed by atoms with Crippen molar-refractivity contribution in [2.24, 2.45) is 0 Å². The van der Waals surface area contributed by atoms with Gasteiger partial charge in [0.2, 0.25) is 0 Å². The molecule has 2 atom stereocenters. The van der Waals surface area contributed by atoms with E-state index in [0.717, 1.165) is 26.3 Å². The predicted octanol–water partition coefficient (Wildman–Crippen LogP) is 0.496. The quantitative estimate of drug-likeness (QED) is 0.576. The van der Waals surface area contributed by atoms with E-state index in [1.165, 1.54) is 12.8 Å². The van der Waals surface area contributed by atoms with E-state index in [1.54, 1.807) is 0 Å². The van der Waals surface area contributed by atoms with Crippen molar-refractivity contribution in [2.45, 2.75) is 25.0 Å². The second-order valence-corrected chi connectivity index (χ2v) is 3.81. The Labute approximate surface area is 73.6 Å². The van der Waals surface area contributed by atoms with Gasteiger partial charge in [0.15, 0.2) is 0 Å². The van der Waals surface area contributed by atoms with Gasteiger partial charge in [-0.25, -0.2) is 0 Å². The summed E-state index contributed by atoms with van der Waals surface area (Å²) in [4.78, 5) is 2.31. The lowest BCUT2D eigenvalue weighted by Gasteiger charge is -2.19. The molecule has 0 saturated carbocycles. The zero-order valence-corrected chi connectivity index (χ0v) is 7.66. The highest BCUT2D eigenvalue weighted by Crippen LogP contribution is 2.15. The first-order valence-corrected chi connectivity index (χ1v) is 4.76. The summed E-state index contributed by atoms with van der Waals surface area (Å²) in [5, 5.41) is 0. The topological polar surface area (TPSA) is 25.0 Å². The van der Waals surface area contributed by atoms with E-state index < -0.39 is 0 Å². The Kier molecular flexibility index (Phi) is 2.63. The maximum Gasteiger partial charge on any atom is 0.0936 e. The molecule has 2 heterocycles. The van der Waals surface area contributed by atoms with Gasteiger partial charge in [0.1, 0.15) is 0 Å². The molecule has 0 aromatic carbocycles. The van der Waals surface area contributed by atoms with Crippen molar-refractivity contribution in [3.63, 3.8) is 0 Å². The number of epoxide rings is 1. The fraction of sp³-hybridized carbons (Fsp3) is 1.00. The van der Waals surface area contributed by atoms with Crippen LogP contribution in [0.25, 0.3) is 0 Å². The number of hydrogen-bond acceptors (Lipinski definition) is 3. The van der Waals surface area contributed by atoms with Crippen LogP contribution in [-0.2, 0) is 9.47 Å². The normalized spacial score (nSPS) is 34.5. The summed E-state index contributed by atoms with van der Waals surface area (Å²) in [6, 6.07) is 0. The van der Waals surface area contributed by atoms with Gasteiger partial charge in [-0.15, -0.1) is 0 Å². The zero-order chi connectivity index (χ0) is 8.39. The second-order valence-electron chi connectivity index (χ2n) is 3.81. The number of nitrogens with zero attached hydrogens (tertiary/aromatic N) is 1. The van der Waals surface area contributed by atoms with Gasteiger partial charge >= 0.3 is 0 Å². The van der Waals surface area contributed by atoms with E-state index in [-0.39, 0.29) is 0 Å².